The van der Waals surface area contributed by atoms with Gasteiger partial charge in [-0.25, -0.2) is 0 Å². The van der Waals surface area contributed by atoms with Crippen molar-refractivity contribution in [1.29, 1.82) is 0 Å². The highest BCUT2D eigenvalue weighted by atomic mass is 16.5. The van der Waals surface area contributed by atoms with Crippen molar-refractivity contribution in [3.63, 3.8) is 0 Å². The second-order valence-corrected chi connectivity index (χ2v) is 4.88. The summed E-state index contributed by atoms with van der Waals surface area (Å²) < 4.78 is 12.3. The zero-order valence-corrected chi connectivity index (χ0v) is 12.1. The van der Waals surface area contributed by atoms with E-state index in [0.717, 1.165) is 28.0 Å². The number of nitrogen functional groups attached to an aromatic ring is 1. The van der Waals surface area contributed by atoms with Gasteiger partial charge < -0.3 is 15.0 Å². The Balaban J connectivity index is 2.24. The predicted octanol–water partition coefficient (Wildman–Crippen LogP) is 2.64. The molecule has 3 rings (SSSR count). The monoisotopic (exact) mass is 284 g/mol. The van der Waals surface area contributed by atoms with E-state index in [2.05, 4.69) is 10.3 Å². The maximum Gasteiger partial charge on any atom is 0.230 e. The number of anilines is 1. The molecule has 21 heavy (non-hydrogen) atoms. The number of ether oxygens (including phenoxy) is 1. The smallest absolute Gasteiger partial charge is 0.230 e. The van der Waals surface area contributed by atoms with Crippen molar-refractivity contribution in [2.45, 2.75) is 6.92 Å². The van der Waals surface area contributed by atoms with Gasteiger partial charge in [-0.2, -0.15) is 5.10 Å². The van der Waals surface area contributed by atoms with Gasteiger partial charge in [0.2, 0.25) is 5.88 Å². The average Bonchev–Trinajstić information content (AvgIpc) is 3.04. The van der Waals surface area contributed by atoms with Gasteiger partial charge in [0, 0.05) is 24.4 Å². The van der Waals surface area contributed by atoms with Crippen LogP contribution in [0.1, 0.15) is 5.56 Å². The van der Waals surface area contributed by atoms with E-state index in [-0.39, 0.29) is 5.88 Å². The standard InChI is InChI=1S/C15H16N4O2/c1-9-4-5-12(20-3)11(6-9)13-14(18-21-15(13)16)10-7-17-19(2)8-10/h4-8H,16H2,1-3H3. The molecule has 6 nitrogen and oxygen atoms in total. The topological polar surface area (TPSA) is 79.1 Å². The quantitative estimate of drug-likeness (QED) is 0.799. The van der Waals surface area contributed by atoms with E-state index in [1.54, 1.807) is 18.0 Å². The summed E-state index contributed by atoms with van der Waals surface area (Å²) in [6.07, 6.45) is 3.59. The SMILES string of the molecule is COc1ccc(C)cc1-c1c(-c2cnn(C)c2)noc1N. The highest BCUT2D eigenvalue weighted by Crippen LogP contribution is 2.40. The molecule has 6 heteroatoms. The fourth-order valence-electron chi connectivity index (χ4n) is 2.32. The molecule has 0 atom stereocenters. The van der Waals surface area contributed by atoms with Crippen LogP contribution in [0.4, 0.5) is 5.88 Å². The first-order chi connectivity index (χ1) is 10.1. The number of aromatic nitrogens is 3. The number of hydrogen-bond donors (Lipinski definition) is 1. The van der Waals surface area contributed by atoms with E-state index in [9.17, 15) is 0 Å². The summed E-state index contributed by atoms with van der Waals surface area (Å²) in [5.74, 6) is 0.985. The van der Waals surface area contributed by atoms with Gasteiger partial charge in [-0.1, -0.05) is 16.8 Å². The van der Waals surface area contributed by atoms with Gasteiger partial charge in [0.1, 0.15) is 11.4 Å². The lowest BCUT2D eigenvalue weighted by molar-refractivity contribution is 0.416. The molecule has 2 aromatic heterocycles. The van der Waals surface area contributed by atoms with Crippen LogP contribution in [-0.2, 0) is 7.05 Å². The third-order valence-electron chi connectivity index (χ3n) is 3.32. The lowest BCUT2D eigenvalue weighted by Crippen LogP contribution is -1.92. The molecule has 0 unspecified atom stereocenters. The van der Waals surface area contributed by atoms with Crippen LogP contribution in [0.5, 0.6) is 5.75 Å². The zero-order chi connectivity index (χ0) is 15.0. The van der Waals surface area contributed by atoms with Crippen molar-refractivity contribution < 1.29 is 9.26 Å². The van der Waals surface area contributed by atoms with Crippen LogP contribution < -0.4 is 10.5 Å². The van der Waals surface area contributed by atoms with Crippen LogP contribution in [-0.4, -0.2) is 22.0 Å². The van der Waals surface area contributed by atoms with Crippen molar-refractivity contribution in [2.75, 3.05) is 12.8 Å². The molecular weight excluding hydrogens is 268 g/mol. The van der Waals surface area contributed by atoms with Gasteiger partial charge in [0.25, 0.3) is 0 Å². The summed E-state index contributed by atoms with van der Waals surface area (Å²) >= 11 is 0. The number of aryl methyl sites for hydroxylation is 2. The second-order valence-electron chi connectivity index (χ2n) is 4.88. The summed E-state index contributed by atoms with van der Waals surface area (Å²) in [6.45, 7) is 2.01. The summed E-state index contributed by atoms with van der Waals surface area (Å²) in [4.78, 5) is 0. The third kappa shape index (κ3) is 2.24. The Labute approximate surface area is 122 Å². The van der Waals surface area contributed by atoms with Gasteiger partial charge >= 0.3 is 0 Å². The largest absolute Gasteiger partial charge is 0.496 e. The summed E-state index contributed by atoms with van der Waals surface area (Å²) in [6, 6.07) is 5.89. The number of rotatable bonds is 3. The molecule has 2 N–H and O–H groups in total. The lowest BCUT2D eigenvalue weighted by atomic mass is 10.00. The van der Waals surface area contributed by atoms with E-state index in [0.29, 0.717) is 5.69 Å². The lowest BCUT2D eigenvalue weighted by Gasteiger charge is -2.09. The van der Waals surface area contributed by atoms with Crippen LogP contribution in [0, 0.1) is 6.92 Å². The Morgan fingerprint density at radius 1 is 1.33 bits per heavy atom. The van der Waals surface area contributed by atoms with E-state index < -0.39 is 0 Å². The predicted molar refractivity (Wildman–Crippen MR) is 79.8 cm³/mol. The Kier molecular flexibility index (Phi) is 3.13. The van der Waals surface area contributed by atoms with Crippen molar-refractivity contribution in [2.24, 2.45) is 7.05 Å². The Bertz CT molecular complexity index is 789. The van der Waals surface area contributed by atoms with Crippen LogP contribution >= 0.6 is 0 Å². The van der Waals surface area contributed by atoms with Crippen LogP contribution in [0.15, 0.2) is 35.1 Å². The first-order valence-corrected chi connectivity index (χ1v) is 6.49. The Morgan fingerprint density at radius 3 is 2.81 bits per heavy atom. The molecule has 0 aliphatic heterocycles. The molecule has 3 aromatic rings. The maximum atomic E-state index is 5.98. The molecule has 108 valence electrons. The second kappa shape index (κ2) is 4.97. The van der Waals surface area contributed by atoms with Gasteiger partial charge in [0.15, 0.2) is 0 Å². The van der Waals surface area contributed by atoms with Gasteiger partial charge in [0.05, 0.1) is 18.9 Å². The maximum absolute atomic E-state index is 5.98. The molecule has 0 bridgehead atoms. The van der Waals surface area contributed by atoms with Crippen molar-refractivity contribution in [1.82, 2.24) is 14.9 Å². The normalized spacial score (nSPS) is 10.8. The fourth-order valence-corrected chi connectivity index (χ4v) is 2.32. The minimum atomic E-state index is 0.262. The minimum absolute atomic E-state index is 0.262. The van der Waals surface area contributed by atoms with Crippen molar-refractivity contribution >= 4 is 5.88 Å². The van der Waals surface area contributed by atoms with Crippen LogP contribution in [0.2, 0.25) is 0 Å². The summed E-state index contributed by atoms with van der Waals surface area (Å²) in [7, 11) is 3.47. The van der Waals surface area contributed by atoms with Crippen molar-refractivity contribution in [3.05, 3.63) is 36.2 Å². The number of benzene rings is 1. The van der Waals surface area contributed by atoms with E-state index >= 15 is 0 Å². The first-order valence-electron chi connectivity index (χ1n) is 6.49. The molecule has 2 heterocycles. The van der Waals surface area contributed by atoms with E-state index in [1.165, 1.54) is 0 Å². The van der Waals surface area contributed by atoms with Gasteiger partial charge in [-0.15, -0.1) is 0 Å². The highest BCUT2D eigenvalue weighted by Gasteiger charge is 2.21. The molecule has 0 fully saturated rings. The molecule has 0 saturated carbocycles. The third-order valence-corrected chi connectivity index (χ3v) is 3.32. The van der Waals surface area contributed by atoms with Gasteiger partial charge in [-0.05, 0) is 19.1 Å². The van der Waals surface area contributed by atoms with E-state index in [4.69, 9.17) is 15.0 Å². The molecule has 0 aliphatic rings. The van der Waals surface area contributed by atoms with Crippen LogP contribution in [0.25, 0.3) is 22.4 Å². The molecule has 0 radical (unpaired) electrons. The van der Waals surface area contributed by atoms with Crippen LogP contribution in [0.3, 0.4) is 0 Å². The highest BCUT2D eigenvalue weighted by molar-refractivity contribution is 5.89. The average molecular weight is 284 g/mol. The Hall–Kier alpha value is -2.76. The number of methoxy groups -OCH3 is 1. The molecule has 0 saturated heterocycles. The van der Waals surface area contributed by atoms with E-state index in [1.807, 2.05) is 38.4 Å². The first kappa shape index (κ1) is 13.2. The number of nitrogens with two attached hydrogens (primary N) is 1. The fraction of sp³-hybridized carbons (Fsp3) is 0.200. The van der Waals surface area contributed by atoms with Gasteiger partial charge in [-0.3, -0.25) is 4.68 Å². The Morgan fingerprint density at radius 2 is 2.14 bits per heavy atom. The molecule has 0 aliphatic carbocycles. The summed E-state index contributed by atoms with van der Waals surface area (Å²) in [5, 5.41) is 8.23. The minimum Gasteiger partial charge on any atom is -0.496 e. The molecule has 0 spiro atoms. The number of hydrogen-bond acceptors (Lipinski definition) is 5. The van der Waals surface area contributed by atoms with Crippen molar-refractivity contribution in [3.8, 4) is 28.1 Å². The zero-order valence-electron chi connectivity index (χ0n) is 12.1. The number of nitrogens with zero attached hydrogens (tertiary/aromatic N) is 3. The summed E-state index contributed by atoms with van der Waals surface area (Å²) in [5.41, 5.74) is 10.2. The molecule has 0 amide bonds. The molecular formula is C15H16N4O2. The molecule has 1 aromatic carbocycles.